The molecule has 1 aromatic carbocycles. The summed E-state index contributed by atoms with van der Waals surface area (Å²) in [5.41, 5.74) is 4.44. The minimum absolute atomic E-state index is 0.109. The Morgan fingerprint density at radius 2 is 1.31 bits per heavy atom. The van der Waals surface area contributed by atoms with Crippen LogP contribution in [0, 0.1) is 0 Å². The third kappa shape index (κ3) is 15.3. The van der Waals surface area contributed by atoms with Crippen molar-refractivity contribution in [1.82, 2.24) is 24.8 Å². The number of aliphatic carboxylic acids is 3. The van der Waals surface area contributed by atoms with Gasteiger partial charge in [-0.15, -0.1) is 0 Å². The molecule has 5 heterocycles. The van der Waals surface area contributed by atoms with Crippen LogP contribution in [-0.2, 0) is 27.2 Å². The molecule has 2 aliphatic heterocycles. The zero-order chi connectivity index (χ0) is 44.1. The molecule has 1 fully saturated rings. The molecule has 3 aromatic heterocycles. The highest BCUT2D eigenvalue weighted by Gasteiger charge is 2.39. The molecule has 59 heavy (non-hydrogen) atoms. The summed E-state index contributed by atoms with van der Waals surface area (Å²) < 4.78 is 95.2. The van der Waals surface area contributed by atoms with Crippen LogP contribution in [-0.4, -0.2) is 109 Å². The zero-order valence-electron chi connectivity index (χ0n) is 29.5. The molecule has 16 nitrogen and oxygen atoms in total. The summed E-state index contributed by atoms with van der Waals surface area (Å²) in [5.74, 6) is -6.43. The standard InChI is InChI=1S/C27H26ClN9O.3C2HF3O2/c28-22-17-31-26-33-21-13-18(15-29-16-21)4-5-19-14-20(32-25(22)35-26)6-7-23(19)34-27(38)37-11-9-36(10-12-37)24-3-1-2-8-30-24;3*3-2(4,5)1(6)7/h1-3,6-8,13-17H,4-5,9-12H2,(H,34,38)(H2,31,32,33,35);3*(H,6,7). The summed E-state index contributed by atoms with van der Waals surface area (Å²) in [6, 6.07) is 13.6. The number of rotatable bonds is 2. The first kappa shape index (κ1) is 46.7. The highest BCUT2D eigenvalue weighted by molar-refractivity contribution is 6.32. The van der Waals surface area contributed by atoms with Crippen molar-refractivity contribution < 1.29 is 74.0 Å². The second-order valence-electron chi connectivity index (χ2n) is 11.6. The first-order chi connectivity index (χ1) is 27.4. The van der Waals surface area contributed by atoms with Gasteiger partial charge in [-0.05, 0) is 60.4 Å². The number of nitrogens with one attached hydrogen (secondary N) is 3. The lowest BCUT2D eigenvalue weighted by Crippen LogP contribution is -2.50. The molecule has 6 N–H and O–H groups in total. The van der Waals surface area contributed by atoms with Crippen LogP contribution < -0.4 is 20.9 Å². The summed E-state index contributed by atoms with van der Waals surface area (Å²) in [7, 11) is 0. The van der Waals surface area contributed by atoms with Gasteiger partial charge in [0.05, 0.1) is 18.1 Å². The highest BCUT2D eigenvalue weighted by atomic mass is 35.5. The fourth-order valence-electron chi connectivity index (χ4n) is 4.63. The van der Waals surface area contributed by atoms with Crippen molar-refractivity contribution in [2.75, 3.05) is 47.0 Å². The number of pyridine rings is 2. The van der Waals surface area contributed by atoms with Crippen molar-refractivity contribution in [3.63, 3.8) is 0 Å². The average molecular weight is 870 g/mol. The van der Waals surface area contributed by atoms with Gasteiger partial charge in [0.15, 0.2) is 5.82 Å². The molecule has 4 aromatic rings. The summed E-state index contributed by atoms with van der Waals surface area (Å²) in [6.45, 7) is 2.72. The fourth-order valence-corrected chi connectivity index (χ4v) is 4.76. The number of anilines is 6. The minimum Gasteiger partial charge on any atom is -0.475 e. The number of alkyl halides is 9. The zero-order valence-corrected chi connectivity index (χ0v) is 30.3. The molecule has 318 valence electrons. The first-order valence-corrected chi connectivity index (χ1v) is 16.6. The summed E-state index contributed by atoms with van der Waals surface area (Å²) in [6.07, 6.45) is -6.87. The van der Waals surface area contributed by atoms with E-state index < -0.39 is 36.4 Å². The Labute approximate surface area is 330 Å². The van der Waals surface area contributed by atoms with Crippen LogP contribution in [0.4, 0.5) is 79.0 Å². The summed E-state index contributed by atoms with van der Waals surface area (Å²) >= 11 is 6.37. The third-order valence-corrected chi connectivity index (χ3v) is 7.63. The lowest BCUT2D eigenvalue weighted by molar-refractivity contribution is -0.193. The van der Waals surface area contributed by atoms with Gasteiger partial charge in [0.2, 0.25) is 5.95 Å². The van der Waals surface area contributed by atoms with E-state index in [1.165, 1.54) is 0 Å². The second-order valence-corrected chi connectivity index (χ2v) is 12.0. The number of hydrogen-bond acceptors (Lipinski definition) is 11. The van der Waals surface area contributed by atoms with E-state index >= 15 is 0 Å². The fraction of sp³-hybridized carbons (Fsp3) is 0.273. The highest BCUT2D eigenvalue weighted by Crippen LogP contribution is 2.30. The predicted molar refractivity (Wildman–Crippen MR) is 190 cm³/mol. The van der Waals surface area contributed by atoms with E-state index in [2.05, 4.69) is 40.8 Å². The number of carboxylic acids is 3. The molecule has 26 heteroatoms. The van der Waals surface area contributed by atoms with Crippen LogP contribution in [0.25, 0.3) is 0 Å². The molecule has 2 amide bonds. The van der Waals surface area contributed by atoms with Crippen LogP contribution >= 0.6 is 11.6 Å². The number of halogens is 10. The quantitative estimate of drug-likeness (QED) is 0.115. The van der Waals surface area contributed by atoms with Crippen LogP contribution in [0.2, 0.25) is 5.02 Å². The number of nitrogens with zero attached hydrogens (tertiary/aromatic N) is 6. The minimum atomic E-state index is -5.08. The van der Waals surface area contributed by atoms with Crippen molar-refractivity contribution in [3.05, 3.63) is 83.4 Å². The van der Waals surface area contributed by atoms with E-state index in [1.807, 2.05) is 53.6 Å². The maximum absolute atomic E-state index is 13.2. The Morgan fingerprint density at radius 1 is 0.712 bits per heavy atom. The van der Waals surface area contributed by atoms with E-state index in [1.54, 1.807) is 18.6 Å². The number of aromatic nitrogens is 4. The predicted octanol–water partition coefficient (Wildman–Crippen LogP) is 6.76. The van der Waals surface area contributed by atoms with Gasteiger partial charge in [-0.2, -0.15) is 44.5 Å². The van der Waals surface area contributed by atoms with Crippen molar-refractivity contribution >= 4 is 70.2 Å². The Kier molecular flexibility index (Phi) is 16.0. The van der Waals surface area contributed by atoms with Gasteiger partial charge in [0.25, 0.3) is 0 Å². The molecule has 0 unspecified atom stereocenters. The molecule has 0 saturated carbocycles. The van der Waals surface area contributed by atoms with Crippen LogP contribution in [0.15, 0.2) is 67.3 Å². The number of amides is 2. The molecule has 1 saturated heterocycles. The van der Waals surface area contributed by atoms with Gasteiger partial charge in [0, 0.05) is 49.9 Å². The monoisotopic (exact) mass is 869 g/mol. The number of fused-ring (bicyclic) bond motifs is 6. The van der Waals surface area contributed by atoms with Gasteiger partial charge in [-0.3, -0.25) is 4.98 Å². The number of urea groups is 1. The molecule has 6 bridgehead atoms. The van der Waals surface area contributed by atoms with Crippen LogP contribution in [0.3, 0.4) is 0 Å². The largest absolute Gasteiger partial charge is 0.490 e. The van der Waals surface area contributed by atoms with E-state index in [-0.39, 0.29) is 6.03 Å². The maximum Gasteiger partial charge on any atom is 0.490 e. The summed E-state index contributed by atoms with van der Waals surface area (Å²) in [5, 5.41) is 31.4. The number of carbonyl (C=O) groups excluding carboxylic acids is 1. The van der Waals surface area contributed by atoms with Crippen LogP contribution in [0.1, 0.15) is 11.1 Å². The number of carboxylic acid groups (broad SMARTS) is 3. The molecule has 0 spiro atoms. The molecule has 0 atom stereocenters. The van der Waals surface area contributed by atoms with Crippen molar-refractivity contribution in [3.8, 4) is 0 Å². The molecular formula is C33H29ClF9N9O7. The lowest BCUT2D eigenvalue weighted by atomic mass is 10.0. The lowest BCUT2D eigenvalue weighted by Gasteiger charge is -2.35. The van der Waals surface area contributed by atoms with Gasteiger partial charge in [0.1, 0.15) is 10.8 Å². The number of benzene rings is 1. The van der Waals surface area contributed by atoms with Crippen molar-refractivity contribution in [2.24, 2.45) is 0 Å². The number of hydrogen-bond donors (Lipinski definition) is 6. The Hall–Kier alpha value is -6.66. The normalized spacial score (nSPS) is 13.5. The number of aryl methyl sites for hydroxylation is 2. The summed E-state index contributed by atoms with van der Waals surface area (Å²) in [4.78, 5) is 61.5. The Morgan fingerprint density at radius 3 is 1.85 bits per heavy atom. The SMILES string of the molecule is O=C(Nc1ccc2cc1CCc1cncc(c1)Nc1ncc(Cl)c(n1)N2)N1CCN(c2ccccn2)CC1.O=C(O)C(F)(F)F.O=C(O)C(F)(F)F.O=C(O)C(F)(F)F. The molecule has 0 radical (unpaired) electrons. The first-order valence-electron chi connectivity index (χ1n) is 16.2. The molecular weight excluding hydrogens is 841 g/mol. The van der Waals surface area contributed by atoms with Crippen LogP contribution in [0.5, 0.6) is 0 Å². The van der Waals surface area contributed by atoms with Gasteiger partial charge < -0.3 is 41.1 Å². The van der Waals surface area contributed by atoms with Crippen molar-refractivity contribution in [2.45, 2.75) is 31.4 Å². The van der Waals surface area contributed by atoms with Gasteiger partial charge >= 0.3 is 42.5 Å². The molecule has 6 rings (SSSR count). The second kappa shape index (κ2) is 20.2. The molecule has 2 aliphatic rings. The Bertz CT molecular complexity index is 2030. The Balaban J connectivity index is 0.000000365. The molecule has 0 aliphatic carbocycles. The maximum atomic E-state index is 13.2. The van der Waals surface area contributed by atoms with Gasteiger partial charge in [-0.25, -0.2) is 29.1 Å². The topological polar surface area (TPSA) is 223 Å². The smallest absolute Gasteiger partial charge is 0.475 e. The van der Waals surface area contributed by atoms with E-state index in [9.17, 15) is 44.3 Å². The van der Waals surface area contributed by atoms with E-state index in [0.29, 0.717) is 36.3 Å². The van der Waals surface area contributed by atoms with E-state index in [0.717, 1.165) is 53.5 Å². The van der Waals surface area contributed by atoms with E-state index in [4.69, 9.17) is 41.3 Å². The van der Waals surface area contributed by atoms with Crippen molar-refractivity contribution in [1.29, 1.82) is 0 Å². The van der Waals surface area contributed by atoms with Gasteiger partial charge in [-0.1, -0.05) is 17.7 Å². The average Bonchev–Trinajstić information content (AvgIpc) is 3.16. The number of piperazine rings is 1. The number of carbonyl (C=O) groups is 4. The third-order valence-electron chi connectivity index (χ3n) is 7.36.